The summed E-state index contributed by atoms with van der Waals surface area (Å²) in [5.74, 6) is -1.29. The summed E-state index contributed by atoms with van der Waals surface area (Å²) in [6, 6.07) is 15.0. The molecule has 3 aromatic rings. The predicted octanol–water partition coefficient (Wildman–Crippen LogP) is 1.72. The minimum atomic E-state index is -4.06. The van der Waals surface area contributed by atoms with Crippen molar-refractivity contribution in [1.29, 1.82) is 0 Å². The average molecular weight is 525 g/mol. The maximum atomic E-state index is 12.8. The Balaban J connectivity index is 1.33. The van der Waals surface area contributed by atoms with Crippen molar-refractivity contribution >= 4 is 33.5 Å². The van der Waals surface area contributed by atoms with Gasteiger partial charge < -0.3 is 20.6 Å². The summed E-state index contributed by atoms with van der Waals surface area (Å²) < 4.78 is 27.1. The van der Waals surface area contributed by atoms with Crippen LogP contribution in [0.25, 0.3) is 0 Å². The number of carbonyl (C=O) groups is 2. The Morgan fingerprint density at radius 1 is 1.00 bits per heavy atom. The van der Waals surface area contributed by atoms with Crippen LogP contribution in [0.5, 0.6) is 0 Å². The minimum Gasteiger partial charge on any atom is -0.480 e. The van der Waals surface area contributed by atoms with Gasteiger partial charge in [0.1, 0.15) is 6.04 Å². The Morgan fingerprint density at radius 2 is 1.70 bits per heavy atom. The molecule has 1 aromatic heterocycles. The number of rotatable bonds is 10. The molecule has 1 fully saturated rings. The molecule has 2 aromatic carbocycles. The van der Waals surface area contributed by atoms with Gasteiger partial charge in [-0.05, 0) is 49.2 Å². The summed E-state index contributed by atoms with van der Waals surface area (Å²) in [5.41, 5.74) is 1.23. The number of sulfonamides is 1. The van der Waals surface area contributed by atoms with Crippen molar-refractivity contribution in [2.75, 3.05) is 29.9 Å². The smallest absolute Gasteiger partial charge is 0.323 e. The van der Waals surface area contributed by atoms with Crippen LogP contribution in [0.3, 0.4) is 0 Å². The van der Waals surface area contributed by atoms with Crippen LogP contribution in [0.2, 0.25) is 0 Å². The largest absolute Gasteiger partial charge is 0.480 e. The fraction of sp³-hybridized carbons (Fsp3) is 0.280. The molecule has 194 valence electrons. The molecular weight excluding hydrogens is 496 g/mol. The Kier molecular flexibility index (Phi) is 8.31. The topological polar surface area (TPSA) is 154 Å². The fourth-order valence-corrected chi connectivity index (χ4v) is 5.22. The van der Waals surface area contributed by atoms with E-state index >= 15 is 0 Å². The minimum absolute atomic E-state index is 0.0597. The van der Waals surface area contributed by atoms with Crippen LogP contribution < -0.4 is 20.3 Å². The fourth-order valence-electron chi connectivity index (χ4n) is 4.01. The number of benzene rings is 2. The first kappa shape index (κ1) is 26.0. The van der Waals surface area contributed by atoms with E-state index in [9.17, 15) is 23.1 Å². The number of hydrogen-bond donors (Lipinski definition) is 4. The van der Waals surface area contributed by atoms with E-state index < -0.39 is 34.5 Å². The van der Waals surface area contributed by atoms with E-state index in [2.05, 4.69) is 30.2 Å². The Hall–Kier alpha value is -4.03. The van der Waals surface area contributed by atoms with E-state index in [0.29, 0.717) is 11.5 Å². The van der Waals surface area contributed by atoms with Gasteiger partial charge in [0, 0.05) is 49.3 Å². The van der Waals surface area contributed by atoms with Gasteiger partial charge in [-0.15, -0.1) is 0 Å². The predicted molar refractivity (Wildman–Crippen MR) is 138 cm³/mol. The van der Waals surface area contributed by atoms with Crippen molar-refractivity contribution in [2.24, 2.45) is 0 Å². The van der Waals surface area contributed by atoms with Crippen LogP contribution >= 0.6 is 0 Å². The Labute approximate surface area is 215 Å². The molecule has 0 aliphatic carbocycles. The maximum absolute atomic E-state index is 12.8. The quantitative estimate of drug-likeness (QED) is 0.310. The zero-order valence-corrected chi connectivity index (χ0v) is 20.8. The van der Waals surface area contributed by atoms with Gasteiger partial charge >= 0.3 is 5.97 Å². The van der Waals surface area contributed by atoms with Crippen molar-refractivity contribution in [2.45, 2.75) is 29.8 Å². The van der Waals surface area contributed by atoms with Gasteiger partial charge in [-0.1, -0.05) is 24.3 Å². The molecule has 0 bridgehead atoms. The molecule has 1 aliphatic rings. The van der Waals surface area contributed by atoms with E-state index in [-0.39, 0.29) is 10.9 Å². The van der Waals surface area contributed by atoms with Gasteiger partial charge in [0.05, 0.1) is 4.90 Å². The Morgan fingerprint density at radius 3 is 2.38 bits per heavy atom. The summed E-state index contributed by atoms with van der Waals surface area (Å²) in [4.78, 5) is 35.0. The number of aliphatic carboxylic acids is 1. The molecule has 37 heavy (non-hydrogen) atoms. The first-order valence-electron chi connectivity index (χ1n) is 11.8. The SMILES string of the molecule is O=C(NCC(NS(=O)(=O)c1ccccc1)C(=O)O)c1cccc(N2CCC(Nc3ncccn3)CC2)c1. The molecular formula is C25H28N6O5S. The number of nitrogens with one attached hydrogen (secondary N) is 3. The number of carbonyl (C=O) groups excluding carboxylic acids is 1. The lowest BCUT2D eigenvalue weighted by Crippen LogP contribution is -2.48. The number of hydrogen-bond acceptors (Lipinski definition) is 8. The summed E-state index contributed by atoms with van der Waals surface area (Å²) in [7, 11) is -4.06. The van der Waals surface area contributed by atoms with Crippen molar-refractivity contribution in [3.8, 4) is 0 Å². The number of carboxylic acids is 1. The maximum Gasteiger partial charge on any atom is 0.323 e. The highest BCUT2D eigenvalue weighted by atomic mass is 32.2. The second-order valence-corrected chi connectivity index (χ2v) is 10.3. The highest BCUT2D eigenvalue weighted by Crippen LogP contribution is 2.22. The summed E-state index contributed by atoms with van der Waals surface area (Å²) in [6.07, 6.45) is 5.13. The highest BCUT2D eigenvalue weighted by molar-refractivity contribution is 7.89. The van der Waals surface area contributed by atoms with Crippen LogP contribution in [0, 0.1) is 0 Å². The van der Waals surface area contributed by atoms with E-state index in [4.69, 9.17) is 0 Å². The Bertz CT molecular complexity index is 1320. The van der Waals surface area contributed by atoms with Crippen molar-refractivity contribution in [1.82, 2.24) is 20.0 Å². The molecule has 4 rings (SSSR count). The van der Waals surface area contributed by atoms with Crippen LogP contribution in [-0.2, 0) is 14.8 Å². The van der Waals surface area contributed by atoms with E-state index in [1.54, 1.807) is 42.7 Å². The standard InChI is InChI=1S/C25H28N6O5S/c32-23(28-17-22(24(33)34)30-37(35,36)21-8-2-1-3-9-21)18-6-4-7-20(16-18)31-14-10-19(11-15-31)29-25-26-12-5-13-27-25/h1-9,12-13,16,19,22,30H,10-11,14-15,17H2,(H,28,32)(H,33,34)(H,26,27,29). The van der Waals surface area contributed by atoms with Gasteiger partial charge in [0.15, 0.2) is 0 Å². The van der Waals surface area contributed by atoms with Gasteiger partial charge in [-0.25, -0.2) is 18.4 Å². The molecule has 0 radical (unpaired) electrons. The summed E-state index contributed by atoms with van der Waals surface area (Å²) in [5, 5.41) is 15.4. The molecule has 0 spiro atoms. The average Bonchev–Trinajstić information content (AvgIpc) is 2.92. The molecule has 12 heteroatoms. The molecule has 1 aliphatic heterocycles. The van der Waals surface area contributed by atoms with Gasteiger partial charge in [0.2, 0.25) is 16.0 Å². The number of nitrogens with zero attached hydrogens (tertiary/aromatic N) is 3. The van der Waals surface area contributed by atoms with Gasteiger partial charge in [-0.2, -0.15) is 4.72 Å². The molecule has 1 saturated heterocycles. The molecule has 2 heterocycles. The second kappa shape index (κ2) is 11.8. The van der Waals surface area contributed by atoms with Gasteiger partial charge in [-0.3, -0.25) is 9.59 Å². The van der Waals surface area contributed by atoms with Crippen molar-refractivity contribution in [3.63, 3.8) is 0 Å². The highest BCUT2D eigenvalue weighted by Gasteiger charge is 2.26. The second-order valence-electron chi connectivity index (χ2n) is 8.56. The third-order valence-corrected chi connectivity index (χ3v) is 7.47. The zero-order valence-electron chi connectivity index (χ0n) is 19.9. The number of anilines is 2. The summed E-state index contributed by atoms with van der Waals surface area (Å²) >= 11 is 0. The number of piperidine rings is 1. The lowest BCUT2D eigenvalue weighted by Gasteiger charge is -2.34. The molecule has 1 atom stereocenters. The monoisotopic (exact) mass is 524 g/mol. The number of carboxylic acid groups (broad SMARTS) is 1. The molecule has 4 N–H and O–H groups in total. The molecule has 1 amide bonds. The molecule has 1 unspecified atom stereocenters. The van der Waals surface area contributed by atoms with Crippen LogP contribution in [-0.4, -0.2) is 67.1 Å². The van der Waals surface area contributed by atoms with Crippen molar-refractivity contribution in [3.05, 3.63) is 78.6 Å². The zero-order chi connectivity index (χ0) is 26.3. The van der Waals surface area contributed by atoms with Crippen LogP contribution in [0.15, 0.2) is 78.0 Å². The normalized spacial score (nSPS) is 15.1. The summed E-state index contributed by atoms with van der Waals surface area (Å²) in [6.45, 7) is 1.14. The van der Waals surface area contributed by atoms with E-state index in [1.165, 1.54) is 24.3 Å². The lowest BCUT2D eigenvalue weighted by atomic mass is 10.0. The van der Waals surface area contributed by atoms with E-state index in [0.717, 1.165) is 31.6 Å². The first-order valence-corrected chi connectivity index (χ1v) is 13.3. The van der Waals surface area contributed by atoms with E-state index in [1.807, 2.05) is 6.07 Å². The van der Waals surface area contributed by atoms with Crippen LogP contribution in [0.4, 0.5) is 11.6 Å². The molecule has 11 nitrogen and oxygen atoms in total. The number of amides is 1. The third kappa shape index (κ3) is 7.02. The van der Waals surface area contributed by atoms with Gasteiger partial charge in [0.25, 0.3) is 5.91 Å². The molecule has 0 saturated carbocycles. The van der Waals surface area contributed by atoms with Crippen molar-refractivity contribution < 1.29 is 23.1 Å². The number of aromatic nitrogens is 2. The third-order valence-electron chi connectivity index (χ3n) is 5.98. The lowest BCUT2D eigenvalue weighted by molar-refractivity contribution is -0.138. The van der Waals surface area contributed by atoms with Crippen LogP contribution in [0.1, 0.15) is 23.2 Å². The first-order chi connectivity index (χ1) is 17.8.